The van der Waals surface area contributed by atoms with Crippen molar-refractivity contribution < 1.29 is 9.18 Å². The van der Waals surface area contributed by atoms with Crippen LogP contribution in [0.5, 0.6) is 0 Å². The molecule has 1 N–H and O–H groups in total. The molecule has 0 bridgehead atoms. The number of carbonyl (C=O) groups is 1. The van der Waals surface area contributed by atoms with Crippen molar-refractivity contribution in [2.24, 2.45) is 0 Å². The van der Waals surface area contributed by atoms with E-state index in [4.69, 9.17) is 0 Å². The van der Waals surface area contributed by atoms with Crippen LogP contribution < -0.4 is 5.32 Å². The van der Waals surface area contributed by atoms with Gasteiger partial charge in [-0.15, -0.1) is 12.4 Å². The maximum absolute atomic E-state index is 12.7. The van der Waals surface area contributed by atoms with Gasteiger partial charge in [0.15, 0.2) is 0 Å². The molecule has 0 unspecified atom stereocenters. The van der Waals surface area contributed by atoms with Crippen molar-refractivity contribution in [2.45, 2.75) is 6.42 Å². The zero-order valence-corrected chi connectivity index (χ0v) is 11.0. The second-order valence-electron chi connectivity index (χ2n) is 3.87. The number of hydrogen-bond acceptors (Lipinski definition) is 2. The van der Waals surface area contributed by atoms with Crippen molar-refractivity contribution >= 4 is 18.3 Å². The smallest absolute Gasteiger partial charge is 0.252 e. The molecule has 2 aromatic rings. The van der Waals surface area contributed by atoms with Gasteiger partial charge in [0.1, 0.15) is 5.82 Å². The van der Waals surface area contributed by atoms with Gasteiger partial charge in [-0.1, -0.05) is 12.1 Å². The van der Waals surface area contributed by atoms with E-state index < -0.39 is 0 Å². The number of aromatic nitrogens is 1. The molecule has 0 saturated heterocycles. The Morgan fingerprint density at radius 2 is 1.95 bits per heavy atom. The Bertz CT molecular complexity index is 517. The lowest BCUT2D eigenvalue weighted by Gasteiger charge is -2.05. The third-order valence-corrected chi connectivity index (χ3v) is 2.54. The van der Waals surface area contributed by atoms with Crippen LogP contribution in [0.4, 0.5) is 4.39 Å². The first kappa shape index (κ1) is 15.1. The molecule has 0 aliphatic carbocycles. The third-order valence-electron chi connectivity index (χ3n) is 2.54. The van der Waals surface area contributed by atoms with Crippen molar-refractivity contribution in [3.05, 3.63) is 65.7 Å². The van der Waals surface area contributed by atoms with Crippen LogP contribution in [0, 0.1) is 5.82 Å². The van der Waals surface area contributed by atoms with Gasteiger partial charge >= 0.3 is 0 Å². The second kappa shape index (κ2) is 7.48. The summed E-state index contributed by atoms with van der Waals surface area (Å²) in [6, 6.07) is 9.68. The highest BCUT2D eigenvalue weighted by Crippen LogP contribution is 2.03. The summed E-state index contributed by atoms with van der Waals surface area (Å²) in [5.41, 5.74) is 1.53. The SMILES string of the molecule is Cl.O=C(NCCc1ccc(F)cc1)c1cccnc1. The normalized spacial score (nSPS) is 9.53. The molecule has 1 amide bonds. The number of nitrogens with zero attached hydrogens (tertiary/aromatic N) is 1. The minimum Gasteiger partial charge on any atom is -0.352 e. The van der Waals surface area contributed by atoms with E-state index in [2.05, 4.69) is 10.3 Å². The van der Waals surface area contributed by atoms with Crippen LogP contribution in [-0.2, 0) is 6.42 Å². The Morgan fingerprint density at radius 3 is 2.58 bits per heavy atom. The average Bonchev–Trinajstić information content (AvgIpc) is 2.42. The summed E-state index contributed by atoms with van der Waals surface area (Å²) < 4.78 is 12.7. The van der Waals surface area contributed by atoms with Gasteiger partial charge in [-0.25, -0.2) is 4.39 Å². The lowest BCUT2D eigenvalue weighted by molar-refractivity contribution is 0.0954. The van der Waals surface area contributed by atoms with Gasteiger partial charge in [0.25, 0.3) is 5.91 Å². The zero-order valence-electron chi connectivity index (χ0n) is 10.2. The van der Waals surface area contributed by atoms with Crippen molar-refractivity contribution in [3.8, 4) is 0 Å². The van der Waals surface area contributed by atoms with E-state index in [9.17, 15) is 9.18 Å². The largest absolute Gasteiger partial charge is 0.352 e. The number of hydrogen-bond donors (Lipinski definition) is 1. The maximum Gasteiger partial charge on any atom is 0.252 e. The molecule has 0 fully saturated rings. The monoisotopic (exact) mass is 280 g/mol. The molecule has 0 radical (unpaired) electrons. The lowest BCUT2D eigenvalue weighted by Crippen LogP contribution is -2.25. The van der Waals surface area contributed by atoms with Gasteiger partial charge in [0.05, 0.1) is 5.56 Å². The fourth-order valence-corrected chi connectivity index (χ4v) is 1.57. The topological polar surface area (TPSA) is 42.0 Å². The number of pyridine rings is 1. The predicted molar refractivity (Wildman–Crippen MR) is 73.9 cm³/mol. The molecule has 0 saturated carbocycles. The molecule has 0 atom stereocenters. The third kappa shape index (κ3) is 4.67. The van der Waals surface area contributed by atoms with Crippen LogP contribution in [0.15, 0.2) is 48.8 Å². The Balaban J connectivity index is 0.00000180. The van der Waals surface area contributed by atoms with Crippen molar-refractivity contribution in [3.63, 3.8) is 0 Å². The van der Waals surface area contributed by atoms with Gasteiger partial charge in [0, 0.05) is 18.9 Å². The molecular weight excluding hydrogens is 267 g/mol. The standard InChI is InChI=1S/C14H13FN2O.ClH/c15-13-5-3-11(4-6-13)7-9-17-14(18)12-2-1-8-16-10-12;/h1-6,8,10H,7,9H2,(H,17,18);1H. The van der Waals surface area contributed by atoms with Crippen LogP contribution in [0.25, 0.3) is 0 Å². The summed E-state index contributed by atoms with van der Waals surface area (Å²) in [5, 5.41) is 2.79. The van der Waals surface area contributed by atoms with Crippen LogP contribution in [0.3, 0.4) is 0 Å². The van der Waals surface area contributed by atoms with E-state index in [1.54, 1.807) is 30.5 Å². The fourth-order valence-electron chi connectivity index (χ4n) is 1.57. The van der Waals surface area contributed by atoms with Gasteiger partial charge in [-0.05, 0) is 36.2 Å². The quantitative estimate of drug-likeness (QED) is 0.935. The first-order valence-electron chi connectivity index (χ1n) is 5.68. The highest BCUT2D eigenvalue weighted by Gasteiger charge is 2.03. The zero-order chi connectivity index (χ0) is 12.8. The molecular formula is C14H14ClFN2O. The molecule has 19 heavy (non-hydrogen) atoms. The van der Waals surface area contributed by atoms with E-state index in [0.717, 1.165) is 5.56 Å². The Kier molecular flexibility index (Phi) is 5.96. The molecule has 0 aliphatic rings. The van der Waals surface area contributed by atoms with Crippen LogP contribution >= 0.6 is 12.4 Å². The molecule has 1 heterocycles. The van der Waals surface area contributed by atoms with Gasteiger partial charge in [0.2, 0.25) is 0 Å². The molecule has 0 aliphatic heterocycles. The first-order chi connectivity index (χ1) is 8.75. The summed E-state index contributed by atoms with van der Waals surface area (Å²) in [6.07, 6.45) is 3.81. The average molecular weight is 281 g/mol. The van der Waals surface area contributed by atoms with Crippen LogP contribution in [0.1, 0.15) is 15.9 Å². The Labute approximate surface area is 117 Å². The number of rotatable bonds is 4. The molecule has 5 heteroatoms. The maximum atomic E-state index is 12.7. The molecule has 3 nitrogen and oxygen atoms in total. The number of benzene rings is 1. The molecule has 100 valence electrons. The van der Waals surface area contributed by atoms with Crippen molar-refractivity contribution in [1.82, 2.24) is 10.3 Å². The first-order valence-corrected chi connectivity index (χ1v) is 5.68. The van der Waals surface area contributed by atoms with Crippen molar-refractivity contribution in [1.29, 1.82) is 0 Å². The van der Waals surface area contributed by atoms with Gasteiger partial charge < -0.3 is 5.32 Å². The predicted octanol–water partition coefficient (Wildman–Crippen LogP) is 2.62. The van der Waals surface area contributed by atoms with E-state index in [1.165, 1.54) is 18.3 Å². The minimum atomic E-state index is -0.252. The summed E-state index contributed by atoms with van der Waals surface area (Å²) in [5.74, 6) is -0.400. The highest BCUT2D eigenvalue weighted by molar-refractivity contribution is 5.93. The van der Waals surface area contributed by atoms with Crippen LogP contribution in [-0.4, -0.2) is 17.4 Å². The van der Waals surface area contributed by atoms with E-state index >= 15 is 0 Å². The minimum absolute atomic E-state index is 0. The van der Waals surface area contributed by atoms with E-state index in [-0.39, 0.29) is 24.1 Å². The fraction of sp³-hybridized carbons (Fsp3) is 0.143. The summed E-state index contributed by atoms with van der Waals surface area (Å²) in [6.45, 7) is 0.513. The Hall–Kier alpha value is -1.94. The van der Waals surface area contributed by atoms with Gasteiger partial charge in [-0.3, -0.25) is 9.78 Å². The summed E-state index contributed by atoms with van der Waals surface area (Å²) in [4.78, 5) is 15.6. The molecule has 2 rings (SSSR count). The number of halogens is 2. The molecule has 0 spiro atoms. The van der Waals surface area contributed by atoms with E-state index in [1.807, 2.05) is 0 Å². The van der Waals surface area contributed by atoms with Crippen LogP contribution in [0.2, 0.25) is 0 Å². The van der Waals surface area contributed by atoms with Crippen molar-refractivity contribution in [2.75, 3.05) is 6.54 Å². The summed E-state index contributed by atoms with van der Waals surface area (Å²) >= 11 is 0. The molecule has 1 aromatic carbocycles. The van der Waals surface area contributed by atoms with Gasteiger partial charge in [-0.2, -0.15) is 0 Å². The highest BCUT2D eigenvalue weighted by atomic mass is 35.5. The van der Waals surface area contributed by atoms with E-state index in [0.29, 0.717) is 18.5 Å². The summed E-state index contributed by atoms with van der Waals surface area (Å²) in [7, 11) is 0. The number of amides is 1. The Morgan fingerprint density at radius 1 is 1.21 bits per heavy atom. The lowest BCUT2D eigenvalue weighted by atomic mass is 10.1. The second-order valence-corrected chi connectivity index (χ2v) is 3.87. The molecule has 1 aromatic heterocycles. The number of nitrogens with one attached hydrogen (secondary N) is 1. The number of carbonyl (C=O) groups excluding carboxylic acids is 1.